The largest absolute Gasteiger partial charge is 0.494 e. The summed E-state index contributed by atoms with van der Waals surface area (Å²) in [6.45, 7) is 2.27. The van der Waals surface area contributed by atoms with E-state index in [1.807, 2.05) is 66.0 Å². The Kier molecular flexibility index (Phi) is 8.73. The van der Waals surface area contributed by atoms with Gasteiger partial charge in [-0.1, -0.05) is 60.7 Å². The topological polar surface area (TPSA) is 73.3 Å². The van der Waals surface area contributed by atoms with Gasteiger partial charge in [0.15, 0.2) is 11.1 Å². The molecule has 0 spiro atoms. The van der Waals surface area contributed by atoms with E-state index in [9.17, 15) is 0 Å². The molecule has 0 aliphatic rings. The molecular formula is C28H31N5OS. The minimum atomic E-state index is 0.227. The summed E-state index contributed by atoms with van der Waals surface area (Å²) in [4.78, 5) is 6.91. The lowest BCUT2D eigenvalue weighted by atomic mass is 10.1. The number of anilines is 2. The normalized spacial score (nSPS) is 10.5. The summed E-state index contributed by atoms with van der Waals surface area (Å²) in [5.74, 6) is 1.07. The van der Waals surface area contributed by atoms with Crippen LogP contribution in [0.15, 0.2) is 90.3 Å². The quantitative estimate of drug-likeness (QED) is 0.133. The molecule has 0 saturated carbocycles. The van der Waals surface area contributed by atoms with Crippen molar-refractivity contribution in [3.05, 3.63) is 95.9 Å². The molecule has 0 saturated heterocycles. The summed E-state index contributed by atoms with van der Waals surface area (Å²) < 4.78 is 6.00. The summed E-state index contributed by atoms with van der Waals surface area (Å²) in [5, 5.41) is 16.9. The molecule has 0 aliphatic carbocycles. The third kappa shape index (κ3) is 7.58. The van der Waals surface area contributed by atoms with E-state index < -0.39 is 0 Å². The van der Waals surface area contributed by atoms with Crippen LogP contribution in [-0.2, 0) is 6.54 Å². The molecule has 0 radical (unpaired) electrons. The first kappa shape index (κ1) is 24.3. The minimum absolute atomic E-state index is 0.227. The number of nitrogens with zero attached hydrogens (tertiary/aromatic N) is 2. The zero-order chi connectivity index (χ0) is 24.3. The minimum Gasteiger partial charge on any atom is -0.494 e. The predicted molar refractivity (Wildman–Crippen MR) is 147 cm³/mol. The molecule has 3 aromatic carbocycles. The van der Waals surface area contributed by atoms with Crippen LogP contribution in [0.5, 0.6) is 5.75 Å². The molecule has 3 N–H and O–H groups in total. The van der Waals surface area contributed by atoms with Crippen molar-refractivity contribution in [3.8, 4) is 17.0 Å². The van der Waals surface area contributed by atoms with E-state index in [4.69, 9.17) is 10.1 Å². The fourth-order valence-corrected chi connectivity index (χ4v) is 4.32. The average molecular weight is 486 g/mol. The molecule has 1 aromatic heterocycles. The monoisotopic (exact) mass is 485 g/mol. The van der Waals surface area contributed by atoms with Crippen molar-refractivity contribution in [2.24, 2.45) is 0 Å². The first-order chi connectivity index (χ1) is 17.2. The lowest BCUT2D eigenvalue weighted by Gasteiger charge is -2.19. The Morgan fingerprint density at radius 2 is 1.74 bits per heavy atom. The van der Waals surface area contributed by atoms with E-state index in [-0.39, 0.29) is 5.96 Å². The summed E-state index contributed by atoms with van der Waals surface area (Å²) >= 11 is 1.48. The van der Waals surface area contributed by atoms with Gasteiger partial charge in [0.25, 0.3) is 0 Å². The van der Waals surface area contributed by atoms with Crippen molar-refractivity contribution in [3.63, 3.8) is 0 Å². The number of nitrogens with one attached hydrogen (secondary N) is 3. The van der Waals surface area contributed by atoms with Crippen molar-refractivity contribution in [2.75, 3.05) is 30.4 Å². The van der Waals surface area contributed by atoms with Gasteiger partial charge in [-0.2, -0.15) is 0 Å². The van der Waals surface area contributed by atoms with Gasteiger partial charge in [-0.25, -0.2) is 4.98 Å². The lowest BCUT2D eigenvalue weighted by molar-refractivity contribution is 0.307. The molecule has 1 heterocycles. The van der Waals surface area contributed by atoms with Crippen molar-refractivity contribution in [1.82, 2.24) is 10.3 Å². The van der Waals surface area contributed by atoms with Crippen LogP contribution in [-0.4, -0.2) is 31.1 Å². The molecule has 35 heavy (non-hydrogen) atoms. The SMILES string of the molecule is CN(CCCCOc1cccc(-c2csc(NC(=N)NCc3ccccc3)n2)c1)c1ccccc1. The lowest BCUT2D eigenvalue weighted by Crippen LogP contribution is -2.28. The Hall–Kier alpha value is -3.84. The van der Waals surface area contributed by atoms with Gasteiger partial charge in [-0.05, 0) is 42.7 Å². The standard InChI is InChI=1S/C28H31N5OS/c1-33(24-14-6-3-7-15-24)17-8-9-18-34-25-16-10-13-23(19-25)26-21-35-28(31-26)32-27(29)30-20-22-11-4-2-5-12-22/h2-7,10-16,19,21H,8-9,17-18,20H2,1H3,(H3,29,30,31,32). The Morgan fingerprint density at radius 1 is 0.971 bits per heavy atom. The fourth-order valence-electron chi connectivity index (χ4n) is 3.60. The van der Waals surface area contributed by atoms with Crippen LogP contribution in [0.25, 0.3) is 11.3 Å². The van der Waals surface area contributed by atoms with Crippen molar-refractivity contribution < 1.29 is 4.74 Å². The smallest absolute Gasteiger partial charge is 0.195 e. The van der Waals surface area contributed by atoms with Crippen molar-refractivity contribution in [2.45, 2.75) is 19.4 Å². The van der Waals surface area contributed by atoms with Gasteiger partial charge in [0.2, 0.25) is 0 Å². The zero-order valence-corrected chi connectivity index (χ0v) is 20.7. The van der Waals surface area contributed by atoms with Crippen LogP contribution < -0.4 is 20.3 Å². The number of aromatic nitrogens is 1. The highest BCUT2D eigenvalue weighted by atomic mass is 32.1. The molecule has 0 bridgehead atoms. The predicted octanol–water partition coefficient (Wildman–Crippen LogP) is 6.24. The van der Waals surface area contributed by atoms with Crippen LogP contribution in [0, 0.1) is 5.41 Å². The maximum atomic E-state index is 8.13. The summed E-state index contributed by atoms with van der Waals surface area (Å²) in [6.07, 6.45) is 2.06. The molecule has 0 aliphatic heterocycles. The average Bonchev–Trinajstić information content (AvgIpc) is 3.37. The number of guanidine groups is 1. The molecule has 180 valence electrons. The van der Waals surface area contributed by atoms with E-state index in [2.05, 4.69) is 51.8 Å². The summed E-state index contributed by atoms with van der Waals surface area (Å²) in [5.41, 5.74) is 4.22. The number of unbranched alkanes of at least 4 members (excludes halogenated alkanes) is 1. The second kappa shape index (κ2) is 12.6. The van der Waals surface area contributed by atoms with E-state index in [0.29, 0.717) is 18.3 Å². The van der Waals surface area contributed by atoms with Crippen LogP contribution in [0.4, 0.5) is 10.8 Å². The van der Waals surface area contributed by atoms with Gasteiger partial charge in [0.1, 0.15) is 5.75 Å². The second-order valence-corrected chi connectivity index (χ2v) is 9.08. The zero-order valence-electron chi connectivity index (χ0n) is 19.9. The Balaban J connectivity index is 1.21. The highest BCUT2D eigenvalue weighted by molar-refractivity contribution is 7.14. The molecule has 0 fully saturated rings. The molecule has 0 unspecified atom stereocenters. The Labute approximate surface area is 211 Å². The van der Waals surface area contributed by atoms with Crippen LogP contribution in [0.2, 0.25) is 0 Å². The van der Waals surface area contributed by atoms with Gasteiger partial charge in [0, 0.05) is 36.8 Å². The van der Waals surface area contributed by atoms with Crippen molar-refractivity contribution in [1.29, 1.82) is 5.41 Å². The van der Waals surface area contributed by atoms with E-state index in [1.54, 1.807) is 0 Å². The molecule has 0 amide bonds. The maximum Gasteiger partial charge on any atom is 0.195 e. The fraction of sp³-hybridized carbons (Fsp3) is 0.214. The molecular weight excluding hydrogens is 454 g/mol. The first-order valence-corrected chi connectivity index (χ1v) is 12.6. The number of para-hydroxylation sites is 1. The van der Waals surface area contributed by atoms with Gasteiger partial charge < -0.3 is 20.3 Å². The second-order valence-electron chi connectivity index (χ2n) is 8.22. The summed E-state index contributed by atoms with van der Waals surface area (Å²) in [7, 11) is 2.12. The van der Waals surface area contributed by atoms with Gasteiger partial charge in [-0.3, -0.25) is 5.41 Å². The van der Waals surface area contributed by atoms with E-state index in [1.165, 1.54) is 17.0 Å². The molecule has 0 atom stereocenters. The molecule has 4 rings (SSSR count). The third-order valence-corrected chi connectivity index (χ3v) is 6.29. The highest BCUT2D eigenvalue weighted by Crippen LogP contribution is 2.27. The number of hydrogen-bond acceptors (Lipinski definition) is 5. The van der Waals surface area contributed by atoms with Gasteiger partial charge in [-0.15, -0.1) is 11.3 Å². The third-order valence-electron chi connectivity index (χ3n) is 5.53. The number of ether oxygens (including phenoxy) is 1. The van der Waals surface area contributed by atoms with E-state index in [0.717, 1.165) is 42.0 Å². The van der Waals surface area contributed by atoms with Gasteiger partial charge in [0.05, 0.1) is 12.3 Å². The number of benzene rings is 3. The highest BCUT2D eigenvalue weighted by Gasteiger charge is 2.08. The Morgan fingerprint density at radius 3 is 2.54 bits per heavy atom. The van der Waals surface area contributed by atoms with Crippen molar-refractivity contribution >= 4 is 28.1 Å². The van der Waals surface area contributed by atoms with Gasteiger partial charge >= 0.3 is 0 Å². The molecule has 6 nitrogen and oxygen atoms in total. The first-order valence-electron chi connectivity index (χ1n) is 11.8. The maximum absolute atomic E-state index is 8.13. The number of rotatable bonds is 11. The van der Waals surface area contributed by atoms with Crippen LogP contribution in [0.3, 0.4) is 0 Å². The van der Waals surface area contributed by atoms with Crippen LogP contribution >= 0.6 is 11.3 Å². The molecule has 4 aromatic rings. The summed E-state index contributed by atoms with van der Waals surface area (Å²) in [6, 6.07) is 28.5. The van der Waals surface area contributed by atoms with Crippen LogP contribution in [0.1, 0.15) is 18.4 Å². The van der Waals surface area contributed by atoms with E-state index >= 15 is 0 Å². The Bertz CT molecular complexity index is 1200. The number of hydrogen-bond donors (Lipinski definition) is 3. The molecule has 7 heteroatoms. The number of thiazole rings is 1.